The van der Waals surface area contributed by atoms with Gasteiger partial charge in [-0.05, 0) is 12.2 Å². The average Bonchev–Trinajstić information content (AvgIpc) is 2.23. The molecule has 0 rings (SSSR count). The average molecular weight is 248 g/mol. The standard InChI is InChI=1S/C10H20N2O3S/c1-3-5-8(9(13)14)12-10(15)11-6-7-16-4-2/h8H,3-7H2,1-2H3,(H,13,14)(H2,11,12,15). The van der Waals surface area contributed by atoms with Crippen molar-refractivity contribution in [3.63, 3.8) is 0 Å². The molecule has 0 aliphatic heterocycles. The predicted molar refractivity (Wildman–Crippen MR) is 65.9 cm³/mol. The summed E-state index contributed by atoms with van der Waals surface area (Å²) in [5.41, 5.74) is 0. The Bertz CT molecular complexity index is 224. The molecule has 0 saturated carbocycles. The summed E-state index contributed by atoms with van der Waals surface area (Å²) in [6.07, 6.45) is 1.18. The summed E-state index contributed by atoms with van der Waals surface area (Å²) in [5, 5.41) is 13.9. The molecule has 6 heteroatoms. The minimum atomic E-state index is -0.986. The van der Waals surface area contributed by atoms with Crippen LogP contribution in [0.15, 0.2) is 0 Å². The van der Waals surface area contributed by atoms with Crippen LogP contribution in [-0.2, 0) is 4.79 Å². The smallest absolute Gasteiger partial charge is 0.326 e. The molecule has 0 aliphatic rings. The van der Waals surface area contributed by atoms with Crippen molar-refractivity contribution in [3.05, 3.63) is 0 Å². The first-order valence-corrected chi connectivity index (χ1v) is 6.62. The third-order valence-corrected chi connectivity index (χ3v) is 2.82. The van der Waals surface area contributed by atoms with E-state index in [4.69, 9.17) is 5.11 Å². The quantitative estimate of drug-likeness (QED) is 0.566. The van der Waals surface area contributed by atoms with E-state index in [-0.39, 0.29) is 0 Å². The molecule has 3 N–H and O–H groups in total. The minimum absolute atomic E-state index is 0.405. The van der Waals surface area contributed by atoms with Crippen LogP contribution in [0.4, 0.5) is 4.79 Å². The Morgan fingerprint density at radius 1 is 1.38 bits per heavy atom. The van der Waals surface area contributed by atoms with E-state index < -0.39 is 18.0 Å². The molecule has 0 heterocycles. The first-order valence-electron chi connectivity index (χ1n) is 5.46. The number of carbonyl (C=O) groups is 2. The number of hydrogen-bond donors (Lipinski definition) is 3. The maximum atomic E-state index is 11.3. The molecule has 0 aliphatic carbocycles. The lowest BCUT2D eigenvalue weighted by atomic mass is 10.2. The molecule has 0 aromatic heterocycles. The topological polar surface area (TPSA) is 78.4 Å². The van der Waals surface area contributed by atoms with Crippen molar-refractivity contribution in [2.75, 3.05) is 18.1 Å². The number of urea groups is 1. The zero-order chi connectivity index (χ0) is 12.4. The number of hydrogen-bond acceptors (Lipinski definition) is 3. The number of thioether (sulfide) groups is 1. The van der Waals surface area contributed by atoms with E-state index in [2.05, 4.69) is 10.6 Å². The van der Waals surface area contributed by atoms with E-state index in [1.807, 2.05) is 13.8 Å². The van der Waals surface area contributed by atoms with Crippen LogP contribution in [0, 0.1) is 0 Å². The van der Waals surface area contributed by atoms with Gasteiger partial charge in [0.05, 0.1) is 0 Å². The third-order valence-electron chi connectivity index (χ3n) is 1.92. The summed E-state index contributed by atoms with van der Waals surface area (Å²) in [6.45, 7) is 4.49. The van der Waals surface area contributed by atoms with Crippen molar-refractivity contribution in [3.8, 4) is 0 Å². The van der Waals surface area contributed by atoms with E-state index in [0.717, 1.165) is 17.9 Å². The van der Waals surface area contributed by atoms with Crippen LogP contribution in [-0.4, -0.2) is 41.2 Å². The molecule has 1 atom stereocenters. The monoisotopic (exact) mass is 248 g/mol. The summed E-state index contributed by atoms with van der Waals surface area (Å²) in [7, 11) is 0. The van der Waals surface area contributed by atoms with Gasteiger partial charge in [-0.3, -0.25) is 0 Å². The number of rotatable bonds is 8. The zero-order valence-electron chi connectivity index (χ0n) is 9.78. The van der Waals surface area contributed by atoms with Gasteiger partial charge in [-0.15, -0.1) is 0 Å². The zero-order valence-corrected chi connectivity index (χ0v) is 10.6. The molecule has 0 fully saturated rings. The largest absolute Gasteiger partial charge is 0.480 e. The van der Waals surface area contributed by atoms with E-state index in [1.54, 1.807) is 11.8 Å². The fourth-order valence-corrected chi connectivity index (χ4v) is 1.67. The first-order chi connectivity index (χ1) is 7.61. The van der Waals surface area contributed by atoms with Gasteiger partial charge < -0.3 is 15.7 Å². The van der Waals surface area contributed by atoms with Crippen LogP contribution >= 0.6 is 11.8 Å². The van der Waals surface area contributed by atoms with Crippen LogP contribution in [0.2, 0.25) is 0 Å². The highest BCUT2D eigenvalue weighted by atomic mass is 32.2. The normalized spacial score (nSPS) is 11.9. The maximum absolute atomic E-state index is 11.3. The van der Waals surface area contributed by atoms with Gasteiger partial charge in [0.2, 0.25) is 0 Å². The molecular weight excluding hydrogens is 228 g/mol. The van der Waals surface area contributed by atoms with Crippen molar-refractivity contribution in [1.82, 2.24) is 10.6 Å². The summed E-state index contributed by atoms with van der Waals surface area (Å²) in [6, 6.07) is -1.19. The Kier molecular flexibility index (Phi) is 8.80. The molecule has 0 saturated heterocycles. The minimum Gasteiger partial charge on any atom is -0.480 e. The summed E-state index contributed by atoms with van der Waals surface area (Å²) >= 11 is 1.73. The van der Waals surface area contributed by atoms with Gasteiger partial charge in [-0.2, -0.15) is 11.8 Å². The molecule has 94 valence electrons. The second kappa shape index (κ2) is 9.33. The number of amides is 2. The summed E-state index contributed by atoms with van der Waals surface area (Å²) in [4.78, 5) is 22.1. The Labute approximate surface area is 100 Å². The van der Waals surface area contributed by atoms with Crippen LogP contribution in [0.1, 0.15) is 26.7 Å². The molecular formula is C10H20N2O3S. The maximum Gasteiger partial charge on any atom is 0.326 e. The molecule has 0 bridgehead atoms. The van der Waals surface area contributed by atoms with Crippen LogP contribution in [0.25, 0.3) is 0 Å². The molecule has 0 aromatic carbocycles. The van der Waals surface area contributed by atoms with Gasteiger partial charge in [-0.1, -0.05) is 20.3 Å². The molecule has 2 amide bonds. The number of nitrogens with one attached hydrogen (secondary N) is 2. The summed E-state index contributed by atoms with van der Waals surface area (Å²) in [5.74, 6) is 0.867. The fourth-order valence-electron chi connectivity index (χ4n) is 1.14. The molecule has 0 spiro atoms. The van der Waals surface area contributed by atoms with E-state index in [0.29, 0.717) is 13.0 Å². The van der Waals surface area contributed by atoms with Crippen molar-refractivity contribution in [2.45, 2.75) is 32.7 Å². The molecule has 5 nitrogen and oxygen atoms in total. The summed E-state index contributed by atoms with van der Waals surface area (Å²) < 4.78 is 0. The molecule has 0 radical (unpaired) electrons. The van der Waals surface area contributed by atoms with Gasteiger partial charge in [0, 0.05) is 12.3 Å². The van der Waals surface area contributed by atoms with Crippen molar-refractivity contribution < 1.29 is 14.7 Å². The highest BCUT2D eigenvalue weighted by Gasteiger charge is 2.17. The van der Waals surface area contributed by atoms with E-state index >= 15 is 0 Å². The lowest BCUT2D eigenvalue weighted by Gasteiger charge is -2.14. The molecule has 16 heavy (non-hydrogen) atoms. The van der Waals surface area contributed by atoms with Gasteiger partial charge >= 0.3 is 12.0 Å². The van der Waals surface area contributed by atoms with Crippen molar-refractivity contribution >= 4 is 23.8 Å². The lowest BCUT2D eigenvalue weighted by Crippen LogP contribution is -2.46. The number of carbonyl (C=O) groups excluding carboxylic acids is 1. The highest BCUT2D eigenvalue weighted by Crippen LogP contribution is 1.97. The van der Waals surface area contributed by atoms with Crippen LogP contribution in [0.3, 0.4) is 0 Å². The van der Waals surface area contributed by atoms with Crippen molar-refractivity contribution in [1.29, 1.82) is 0 Å². The molecule has 0 aromatic rings. The van der Waals surface area contributed by atoms with Crippen LogP contribution in [0.5, 0.6) is 0 Å². The second-order valence-electron chi connectivity index (χ2n) is 3.28. The molecule has 1 unspecified atom stereocenters. The number of carboxylic acids is 1. The predicted octanol–water partition coefficient (Wildman–Crippen LogP) is 1.29. The van der Waals surface area contributed by atoms with E-state index in [1.165, 1.54) is 0 Å². The first kappa shape index (κ1) is 15.1. The Morgan fingerprint density at radius 3 is 2.56 bits per heavy atom. The van der Waals surface area contributed by atoms with Gasteiger partial charge in [-0.25, -0.2) is 9.59 Å². The number of carboxylic acid groups (broad SMARTS) is 1. The van der Waals surface area contributed by atoms with E-state index in [9.17, 15) is 9.59 Å². The SMILES string of the molecule is CCCC(NC(=O)NCCSCC)C(=O)O. The highest BCUT2D eigenvalue weighted by molar-refractivity contribution is 7.99. The van der Waals surface area contributed by atoms with Crippen LogP contribution < -0.4 is 10.6 Å². The Hall–Kier alpha value is -0.910. The number of aliphatic carboxylic acids is 1. The third kappa shape index (κ3) is 7.39. The van der Waals surface area contributed by atoms with Gasteiger partial charge in [0.25, 0.3) is 0 Å². The lowest BCUT2D eigenvalue weighted by molar-refractivity contribution is -0.139. The fraction of sp³-hybridized carbons (Fsp3) is 0.800. The second-order valence-corrected chi connectivity index (χ2v) is 4.67. The van der Waals surface area contributed by atoms with Gasteiger partial charge in [0.1, 0.15) is 6.04 Å². The Morgan fingerprint density at radius 2 is 2.06 bits per heavy atom. The van der Waals surface area contributed by atoms with Crippen molar-refractivity contribution in [2.24, 2.45) is 0 Å². The Balaban J connectivity index is 3.77. The van der Waals surface area contributed by atoms with Gasteiger partial charge in [0.15, 0.2) is 0 Å².